The van der Waals surface area contributed by atoms with Crippen molar-refractivity contribution >= 4 is 28.5 Å². The number of amides is 1. The van der Waals surface area contributed by atoms with Crippen LogP contribution in [-0.2, 0) is 4.74 Å². The number of halogens is 1. The van der Waals surface area contributed by atoms with Gasteiger partial charge in [0.25, 0.3) is 5.91 Å². The predicted molar refractivity (Wildman–Crippen MR) is 95.2 cm³/mol. The zero-order valence-electron chi connectivity index (χ0n) is 14.3. The van der Waals surface area contributed by atoms with Gasteiger partial charge in [0, 0.05) is 10.9 Å². The Kier molecular flexibility index (Phi) is 4.88. The van der Waals surface area contributed by atoms with E-state index in [1.165, 1.54) is 25.3 Å². The molecule has 0 unspecified atom stereocenters. The number of aromatic amines is 1. The van der Waals surface area contributed by atoms with Crippen LogP contribution in [0.3, 0.4) is 0 Å². The Balaban J connectivity index is 2.09. The van der Waals surface area contributed by atoms with Crippen LogP contribution < -0.4 is 10.1 Å². The van der Waals surface area contributed by atoms with Crippen LogP contribution in [0.5, 0.6) is 5.75 Å². The Labute approximate surface area is 148 Å². The number of H-pyrrole nitrogens is 1. The molecule has 0 saturated carbocycles. The van der Waals surface area contributed by atoms with Crippen molar-refractivity contribution in [3.05, 3.63) is 59.5 Å². The predicted octanol–water partition coefficient (Wildman–Crippen LogP) is 3.74. The van der Waals surface area contributed by atoms with Crippen molar-refractivity contribution in [3.8, 4) is 5.75 Å². The Morgan fingerprint density at radius 1 is 1.19 bits per heavy atom. The first kappa shape index (κ1) is 17.5. The molecule has 3 rings (SSSR count). The first-order valence-electron chi connectivity index (χ1n) is 7.97. The molecule has 0 bridgehead atoms. The summed E-state index contributed by atoms with van der Waals surface area (Å²) in [6, 6.07) is 10.7. The number of anilines is 1. The van der Waals surface area contributed by atoms with Gasteiger partial charge in [0.15, 0.2) is 0 Å². The zero-order chi connectivity index (χ0) is 18.7. The molecule has 0 atom stereocenters. The summed E-state index contributed by atoms with van der Waals surface area (Å²) in [7, 11) is 1.51. The molecule has 1 aromatic heterocycles. The van der Waals surface area contributed by atoms with Crippen molar-refractivity contribution < 1.29 is 23.5 Å². The van der Waals surface area contributed by atoms with Gasteiger partial charge in [-0.1, -0.05) is 12.1 Å². The topological polar surface area (TPSA) is 80.4 Å². The number of carbonyl (C=O) groups is 2. The largest absolute Gasteiger partial charge is 0.497 e. The lowest BCUT2D eigenvalue weighted by Crippen LogP contribution is -2.16. The van der Waals surface area contributed by atoms with E-state index in [4.69, 9.17) is 9.47 Å². The molecule has 6 nitrogen and oxygen atoms in total. The van der Waals surface area contributed by atoms with Crippen molar-refractivity contribution in [2.24, 2.45) is 0 Å². The van der Waals surface area contributed by atoms with Crippen LogP contribution in [0.15, 0.2) is 42.5 Å². The minimum atomic E-state index is -0.669. The maximum Gasteiger partial charge on any atom is 0.356 e. The molecular weight excluding hydrogens is 339 g/mol. The number of ether oxygens (including phenoxy) is 2. The summed E-state index contributed by atoms with van der Waals surface area (Å²) in [5, 5.41) is 3.17. The van der Waals surface area contributed by atoms with E-state index in [0.717, 1.165) is 0 Å². The third-order valence-corrected chi connectivity index (χ3v) is 3.84. The monoisotopic (exact) mass is 356 g/mol. The van der Waals surface area contributed by atoms with Crippen LogP contribution >= 0.6 is 0 Å². The Hall–Kier alpha value is -3.35. The lowest BCUT2D eigenvalue weighted by atomic mass is 10.1. The summed E-state index contributed by atoms with van der Waals surface area (Å²) in [5.74, 6) is -1.39. The summed E-state index contributed by atoms with van der Waals surface area (Å²) in [6.07, 6.45) is 0. The molecule has 0 radical (unpaired) electrons. The molecule has 0 aliphatic heterocycles. The molecule has 2 N–H and O–H groups in total. The molecular formula is C19H17FN2O4. The second kappa shape index (κ2) is 7.26. The number of esters is 1. The Morgan fingerprint density at radius 2 is 1.96 bits per heavy atom. The van der Waals surface area contributed by atoms with Gasteiger partial charge in [0.2, 0.25) is 0 Å². The number of aromatic nitrogens is 1. The maximum atomic E-state index is 13.9. The van der Waals surface area contributed by atoms with Gasteiger partial charge >= 0.3 is 5.97 Å². The second-order valence-electron chi connectivity index (χ2n) is 5.44. The smallest absolute Gasteiger partial charge is 0.356 e. The van der Waals surface area contributed by atoms with Crippen LogP contribution in [-0.4, -0.2) is 30.6 Å². The van der Waals surface area contributed by atoms with Crippen molar-refractivity contribution in [3.63, 3.8) is 0 Å². The average Bonchev–Trinajstić information content (AvgIpc) is 3.00. The van der Waals surface area contributed by atoms with E-state index >= 15 is 0 Å². The zero-order valence-corrected chi connectivity index (χ0v) is 14.3. The average molecular weight is 356 g/mol. The number of hydrogen-bond donors (Lipinski definition) is 2. The maximum absolute atomic E-state index is 13.9. The number of fused-ring (bicyclic) bond motifs is 1. The summed E-state index contributed by atoms with van der Waals surface area (Å²) in [5.41, 5.74) is 0.780. The molecule has 3 aromatic rings. The van der Waals surface area contributed by atoms with Crippen molar-refractivity contribution in [1.29, 1.82) is 0 Å². The van der Waals surface area contributed by atoms with Crippen molar-refractivity contribution in [2.75, 3.05) is 19.0 Å². The highest BCUT2D eigenvalue weighted by molar-refractivity contribution is 6.14. The van der Waals surface area contributed by atoms with Gasteiger partial charge < -0.3 is 19.8 Å². The fraction of sp³-hybridized carbons (Fsp3) is 0.158. The molecule has 134 valence electrons. The van der Waals surface area contributed by atoms with E-state index in [-0.39, 0.29) is 23.6 Å². The minimum absolute atomic E-state index is 0.0831. The molecule has 0 aliphatic carbocycles. The highest BCUT2D eigenvalue weighted by Gasteiger charge is 2.22. The fourth-order valence-corrected chi connectivity index (χ4v) is 2.61. The standard InChI is InChI=1S/C19H17FN2O4/c1-3-26-19(24)17-16(13-10-11(25-2)8-9-15(13)21-17)22-18(23)12-6-4-5-7-14(12)20/h4-10,21H,3H2,1-2H3,(H,22,23). The number of hydrogen-bond acceptors (Lipinski definition) is 4. The SMILES string of the molecule is CCOC(=O)c1[nH]c2ccc(OC)cc2c1NC(=O)c1ccccc1F. The number of nitrogens with one attached hydrogen (secondary N) is 2. The third kappa shape index (κ3) is 3.23. The molecule has 1 heterocycles. The Morgan fingerprint density at radius 3 is 2.65 bits per heavy atom. The van der Waals surface area contributed by atoms with E-state index in [2.05, 4.69) is 10.3 Å². The van der Waals surface area contributed by atoms with Gasteiger partial charge in [0.1, 0.15) is 17.3 Å². The number of methoxy groups -OCH3 is 1. The molecule has 2 aromatic carbocycles. The lowest BCUT2D eigenvalue weighted by Gasteiger charge is -2.08. The van der Waals surface area contributed by atoms with Crippen LogP contribution in [0.25, 0.3) is 10.9 Å². The van der Waals surface area contributed by atoms with Crippen molar-refractivity contribution in [1.82, 2.24) is 4.98 Å². The lowest BCUT2D eigenvalue weighted by molar-refractivity contribution is 0.0522. The van der Waals surface area contributed by atoms with E-state index in [1.54, 1.807) is 31.2 Å². The first-order valence-corrected chi connectivity index (χ1v) is 7.97. The normalized spacial score (nSPS) is 10.6. The third-order valence-electron chi connectivity index (χ3n) is 3.84. The number of benzene rings is 2. The van der Waals surface area contributed by atoms with Gasteiger partial charge in [-0.05, 0) is 37.3 Å². The van der Waals surface area contributed by atoms with E-state index in [9.17, 15) is 14.0 Å². The van der Waals surface area contributed by atoms with Gasteiger partial charge in [-0.3, -0.25) is 4.79 Å². The minimum Gasteiger partial charge on any atom is -0.497 e. The quantitative estimate of drug-likeness (QED) is 0.683. The van der Waals surface area contributed by atoms with E-state index in [0.29, 0.717) is 16.7 Å². The number of carbonyl (C=O) groups excluding carboxylic acids is 2. The molecule has 7 heteroatoms. The first-order chi connectivity index (χ1) is 12.5. The molecule has 26 heavy (non-hydrogen) atoms. The van der Waals surface area contributed by atoms with Gasteiger partial charge in [-0.25, -0.2) is 9.18 Å². The van der Waals surface area contributed by atoms with Crippen LogP contribution in [0, 0.1) is 5.82 Å². The molecule has 0 fully saturated rings. The summed E-state index contributed by atoms with van der Waals surface area (Å²) >= 11 is 0. The van der Waals surface area contributed by atoms with Crippen molar-refractivity contribution in [2.45, 2.75) is 6.92 Å². The van der Waals surface area contributed by atoms with E-state index < -0.39 is 17.7 Å². The fourth-order valence-electron chi connectivity index (χ4n) is 2.61. The number of rotatable bonds is 5. The molecule has 0 aliphatic rings. The second-order valence-corrected chi connectivity index (χ2v) is 5.44. The summed E-state index contributed by atoms with van der Waals surface area (Å²) < 4.78 is 24.1. The molecule has 0 saturated heterocycles. The van der Waals surface area contributed by atoms with E-state index in [1.807, 2.05) is 0 Å². The van der Waals surface area contributed by atoms with Crippen LogP contribution in [0.2, 0.25) is 0 Å². The van der Waals surface area contributed by atoms with Gasteiger partial charge in [-0.15, -0.1) is 0 Å². The summed E-state index contributed by atoms with van der Waals surface area (Å²) in [6.45, 7) is 1.86. The highest BCUT2D eigenvalue weighted by atomic mass is 19.1. The van der Waals surface area contributed by atoms with Gasteiger partial charge in [0.05, 0.1) is 25.0 Å². The van der Waals surface area contributed by atoms with Crippen LogP contribution in [0.1, 0.15) is 27.8 Å². The van der Waals surface area contributed by atoms with Crippen LogP contribution in [0.4, 0.5) is 10.1 Å². The molecule has 1 amide bonds. The molecule has 0 spiro atoms. The highest BCUT2D eigenvalue weighted by Crippen LogP contribution is 2.32. The Bertz CT molecular complexity index is 981. The summed E-state index contributed by atoms with van der Waals surface area (Å²) in [4.78, 5) is 27.7. The van der Waals surface area contributed by atoms with Gasteiger partial charge in [-0.2, -0.15) is 0 Å².